The van der Waals surface area contributed by atoms with Gasteiger partial charge in [0.05, 0.1) is 29.7 Å². The van der Waals surface area contributed by atoms with Crippen LogP contribution in [0.15, 0.2) is 36.4 Å². The van der Waals surface area contributed by atoms with E-state index in [2.05, 4.69) is 27.8 Å². The number of nitrogens with one attached hydrogen (secondary N) is 1. The number of likely N-dealkylation sites (tertiary alicyclic amines) is 1. The molecule has 3 atom stereocenters. The largest absolute Gasteiger partial charge is 0.376 e. The number of hydrogen-bond donors (Lipinski definition) is 1. The Hall–Kier alpha value is -1.54. The number of nitrogens with zero attached hydrogens (tertiary/aromatic N) is 2. The van der Waals surface area contributed by atoms with Crippen LogP contribution >= 0.6 is 0 Å². The Labute approximate surface area is 154 Å². The van der Waals surface area contributed by atoms with Gasteiger partial charge in [0.2, 0.25) is 10.0 Å². The van der Waals surface area contributed by atoms with Crippen LogP contribution in [0.3, 0.4) is 0 Å². The summed E-state index contributed by atoms with van der Waals surface area (Å²) in [7, 11) is -3.15. The third kappa shape index (κ3) is 3.76. The Bertz CT molecular complexity index is 886. The highest BCUT2D eigenvalue weighted by molar-refractivity contribution is 7.89. The first-order valence-electron chi connectivity index (χ1n) is 9.20. The van der Waals surface area contributed by atoms with Crippen molar-refractivity contribution in [2.24, 2.45) is 11.8 Å². The average Bonchev–Trinajstić information content (AvgIpc) is 3.20. The third-order valence-electron chi connectivity index (χ3n) is 5.50. The van der Waals surface area contributed by atoms with Gasteiger partial charge in [0.1, 0.15) is 0 Å². The van der Waals surface area contributed by atoms with Crippen molar-refractivity contribution >= 4 is 20.9 Å². The molecule has 0 amide bonds. The molecule has 0 spiro atoms. The van der Waals surface area contributed by atoms with E-state index in [1.54, 1.807) is 6.92 Å². The van der Waals surface area contributed by atoms with Crippen molar-refractivity contribution in [3.8, 4) is 0 Å². The fourth-order valence-electron chi connectivity index (χ4n) is 3.98. The van der Waals surface area contributed by atoms with Crippen LogP contribution in [-0.2, 0) is 21.3 Å². The first-order valence-corrected chi connectivity index (χ1v) is 10.9. The lowest BCUT2D eigenvalue weighted by Crippen LogP contribution is -2.35. The van der Waals surface area contributed by atoms with Crippen LogP contribution in [-0.4, -0.2) is 56.4 Å². The molecule has 2 aromatic rings. The van der Waals surface area contributed by atoms with Crippen LogP contribution < -0.4 is 4.72 Å². The van der Waals surface area contributed by atoms with Gasteiger partial charge in [-0.25, -0.2) is 13.1 Å². The summed E-state index contributed by atoms with van der Waals surface area (Å²) in [4.78, 5) is 7.13. The third-order valence-corrected chi connectivity index (χ3v) is 6.87. The van der Waals surface area contributed by atoms with E-state index in [1.807, 2.05) is 18.2 Å². The maximum Gasteiger partial charge on any atom is 0.211 e. The normalized spacial score (nSPS) is 26.4. The lowest BCUT2D eigenvalue weighted by molar-refractivity contribution is 0.0940. The van der Waals surface area contributed by atoms with E-state index in [0.29, 0.717) is 19.1 Å². The SMILES string of the molecule is CCS(=O)(=O)NC[C@@H]1CO[C@H]2CN(Cc3ccc4ccccc4n3)C[C@@H]12. The summed E-state index contributed by atoms with van der Waals surface area (Å²) in [6.07, 6.45) is 0.201. The zero-order valence-electron chi connectivity index (χ0n) is 15.0. The lowest BCUT2D eigenvalue weighted by atomic mass is 9.93. The number of sulfonamides is 1. The fourth-order valence-corrected chi connectivity index (χ4v) is 4.65. The summed E-state index contributed by atoms with van der Waals surface area (Å²) in [5, 5.41) is 1.15. The van der Waals surface area contributed by atoms with E-state index >= 15 is 0 Å². The predicted octanol–water partition coefficient (Wildman–Crippen LogP) is 1.62. The quantitative estimate of drug-likeness (QED) is 0.831. The number of aromatic nitrogens is 1. The highest BCUT2D eigenvalue weighted by atomic mass is 32.2. The summed E-state index contributed by atoms with van der Waals surface area (Å²) in [6, 6.07) is 12.3. The van der Waals surface area contributed by atoms with Gasteiger partial charge in [-0.3, -0.25) is 9.88 Å². The summed E-state index contributed by atoms with van der Waals surface area (Å²) < 4.78 is 32.0. The van der Waals surface area contributed by atoms with Crippen LogP contribution in [0.4, 0.5) is 0 Å². The molecule has 2 aliphatic rings. The Kier molecular flexibility index (Phi) is 4.96. The fraction of sp³-hybridized carbons (Fsp3) is 0.526. The number of para-hydroxylation sites is 1. The molecule has 6 nitrogen and oxygen atoms in total. The van der Waals surface area contributed by atoms with E-state index < -0.39 is 10.0 Å². The minimum atomic E-state index is -3.15. The molecular weight excluding hydrogens is 350 g/mol. The molecule has 0 aliphatic carbocycles. The minimum Gasteiger partial charge on any atom is -0.376 e. The van der Waals surface area contributed by atoms with Crippen molar-refractivity contribution in [1.29, 1.82) is 0 Å². The highest BCUT2D eigenvalue weighted by Gasteiger charge is 2.43. The molecule has 0 unspecified atom stereocenters. The molecule has 1 aromatic heterocycles. The van der Waals surface area contributed by atoms with Crippen LogP contribution in [0.25, 0.3) is 10.9 Å². The Morgan fingerprint density at radius 3 is 2.92 bits per heavy atom. The predicted molar refractivity (Wildman–Crippen MR) is 101 cm³/mol. The van der Waals surface area contributed by atoms with Gasteiger partial charge in [-0.2, -0.15) is 0 Å². The molecule has 0 bridgehead atoms. The summed E-state index contributed by atoms with van der Waals surface area (Å²) in [5.74, 6) is 0.750. The molecule has 0 radical (unpaired) electrons. The average molecular weight is 375 g/mol. The smallest absolute Gasteiger partial charge is 0.211 e. The van der Waals surface area contributed by atoms with Gasteiger partial charge in [0, 0.05) is 43.4 Å². The molecule has 26 heavy (non-hydrogen) atoms. The molecule has 2 saturated heterocycles. The number of benzene rings is 1. The molecule has 7 heteroatoms. The van der Waals surface area contributed by atoms with Gasteiger partial charge >= 0.3 is 0 Å². The van der Waals surface area contributed by atoms with Crippen molar-refractivity contribution in [3.63, 3.8) is 0 Å². The van der Waals surface area contributed by atoms with E-state index in [-0.39, 0.29) is 17.8 Å². The van der Waals surface area contributed by atoms with Crippen LogP contribution in [0, 0.1) is 11.8 Å². The Morgan fingerprint density at radius 2 is 2.08 bits per heavy atom. The number of pyridine rings is 1. The van der Waals surface area contributed by atoms with Crippen molar-refractivity contribution in [2.75, 3.05) is 32.0 Å². The van der Waals surface area contributed by atoms with E-state index in [4.69, 9.17) is 9.72 Å². The highest BCUT2D eigenvalue weighted by Crippen LogP contribution is 2.34. The molecule has 2 fully saturated rings. The summed E-state index contributed by atoms with van der Waals surface area (Å²) in [5.41, 5.74) is 2.08. The monoisotopic (exact) mass is 375 g/mol. The minimum absolute atomic E-state index is 0.119. The molecule has 1 N–H and O–H groups in total. The number of ether oxygens (including phenoxy) is 1. The lowest BCUT2D eigenvalue weighted by Gasteiger charge is -2.19. The second-order valence-electron chi connectivity index (χ2n) is 7.24. The van der Waals surface area contributed by atoms with Crippen molar-refractivity contribution in [2.45, 2.75) is 19.6 Å². The number of rotatable bonds is 6. The van der Waals surface area contributed by atoms with Crippen molar-refractivity contribution in [3.05, 3.63) is 42.1 Å². The second kappa shape index (κ2) is 7.23. The Balaban J connectivity index is 1.38. The molecule has 1 aromatic carbocycles. The number of hydrogen-bond acceptors (Lipinski definition) is 5. The first-order chi connectivity index (χ1) is 12.5. The zero-order chi connectivity index (χ0) is 18.1. The molecule has 140 valence electrons. The van der Waals surface area contributed by atoms with Crippen molar-refractivity contribution in [1.82, 2.24) is 14.6 Å². The van der Waals surface area contributed by atoms with E-state index in [1.165, 1.54) is 0 Å². The van der Waals surface area contributed by atoms with Crippen molar-refractivity contribution < 1.29 is 13.2 Å². The molecule has 2 aliphatic heterocycles. The van der Waals surface area contributed by atoms with Gasteiger partial charge in [-0.05, 0) is 19.1 Å². The van der Waals surface area contributed by atoms with Gasteiger partial charge in [-0.15, -0.1) is 0 Å². The molecule has 0 saturated carbocycles. The first kappa shape index (κ1) is 17.9. The van der Waals surface area contributed by atoms with E-state index in [0.717, 1.165) is 36.2 Å². The maximum atomic E-state index is 11.7. The topological polar surface area (TPSA) is 71.5 Å². The standard InChI is InChI=1S/C19H25N3O3S/c1-2-26(23,24)20-9-15-13-25-19-12-22(11-17(15)19)10-16-8-7-14-5-3-4-6-18(14)21-16/h3-8,15,17,19-20H,2,9-13H2,1H3/t15-,17+,19+/m1/s1. The van der Waals surface area contributed by atoms with Gasteiger partial charge in [0.25, 0.3) is 0 Å². The van der Waals surface area contributed by atoms with E-state index in [9.17, 15) is 8.42 Å². The zero-order valence-corrected chi connectivity index (χ0v) is 15.8. The summed E-state index contributed by atoms with van der Waals surface area (Å²) >= 11 is 0. The van der Waals surface area contributed by atoms with Gasteiger partial charge < -0.3 is 4.74 Å². The Morgan fingerprint density at radius 1 is 1.23 bits per heavy atom. The number of fused-ring (bicyclic) bond motifs is 2. The molecular formula is C19H25N3O3S. The maximum absolute atomic E-state index is 11.7. The van der Waals surface area contributed by atoms with Gasteiger partial charge in [-0.1, -0.05) is 24.3 Å². The molecule has 3 heterocycles. The summed E-state index contributed by atoms with van der Waals surface area (Å²) in [6.45, 7) is 5.38. The van der Waals surface area contributed by atoms with Crippen LogP contribution in [0.1, 0.15) is 12.6 Å². The molecule has 4 rings (SSSR count). The van der Waals surface area contributed by atoms with Crippen LogP contribution in [0.2, 0.25) is 0 Å². The second-order valence-corrected chi connectivity index (χ2v) is 9.33. The van der Waals surface area contributed by atoms with Crippen LogP contribution in [0.5, 0.6) is 0 Å². The van der Waals surface area contributed by atoms with Gasteiger partial charge in [0.15, 0.2) is 0 Å².